The maximum absolute atomic E-state index is 12.8. The molecule has 0 aromatic heterocycles. The van der Waals surface area contributed by atoms with Crippen molar-refractivity contribution < 1.29 is 24.2 Å². The lowest BCUT2D eigenvalue weighted by atomic mass is 9.81. The van der Waals surface area contributed by atoms with E-state index in [1.54, 1.807) is 23.1 Å². The normalized spacial score (nSPS) is 27.7. The van der Waals surface area contributed by atoms with E-state index in [0.717, 1.165) is 12.8 Å². The van der Waals surface area contributed by atoms with Crippen LogP contribution in [0.2, 0.25) is 0 Å². The van der Waals surface area contributed by atoms with Gasteiger partial charge in [-0.25, -0.2) is 0 Å². The highest BCUT2D eigenvalue weighted by atomic mass is 16.5. The van der Waals surface area contributed by atoms with Gasteiger partial charge in [0.2, 0.25) is 5.91 Å². The topological polar surface area (TPSA) is 87.2 Å². The van der Waals surface area contributed by atoms with Crippen LogP contribution in [0, 0.1) is 11.3 Å². The van der Waals surface area contributed by atoms with Gasteiger partial charge in [-0.2, -0.15) is 0 Å². The van der Waals surface area contributed by atoms with Crippen LogP contribution in [0.3, 0.4) is 0 Å². The fourth-order valence-corrected chi connectivity index (χ4v) is 4.39. The number of likely N-dealkylation sites (tertiary alicyclic amines) is 1. The highest BCUT2D eigenvalue weighted by Gasteiger charge is 2.55. The lowest BCUT2D eigenvalue weighted by Gasteiger charge is -2.30. The van der Waals surface area contributed by atoms with Gasteiger partial charge in [0.15, 0.2) is 6.61 Å². The molecule has 1 N–H and O–H groups in total. The highest BCUT2D eigenvalue weighted by Crippen LogP contribution is 2.49. The first-order valence-electron chi connectivity index (χ1n) is 8.55. The first-order chi connectivity index (χ1) is 12.0. The van der Waals surface area contributed by atoms with Gasteiger partial charge < -0.3 is 14.7 Å². The number of carboxylic acids is 1. The Morgan fingerprint density at radius 2 is 2.12 bits per heavy atom. The number of carbonyl (C=O) groups is 3. The maximum atomic E-state index is 12.8. The Bertz CT molecular complexity index is 749. The Kier molecular flexibility index (Phi) is 3.67. The smallest absolute Gasteiger partial charge is 0.311 e. The zero-order valence-electron chi connectivity index (χ0n) is 13.8. The number of ether oxygens (including phenoxy) is 1. The van der Waals surface area contributed by atoms with Gasteiger partial charge in [0.05, 0.1) is 11.1 Å². The van der Waals surface area contributed by atoms with Gasteiger partial charge in [0, 0.05) is 13.1 Å². The summed E-state index contributed by atoms with van der Waals surface area (Å²) in [6.45, 7) is 0.533. The Hall–Kier alpha value is -2.57. The average molecular weight is 344 g/mol. The number of aliphatic carboxylic acids is 1. The second-order valence-electron chi connectivity index (χ2n) is 7.06. The van der Waals surface area contributed by atoms with E-state index in [9.17, 15) is 19.5 Å². The summed E-state index contributed by atoms with van der Waals surface area (Å²) in [7, 11) is 0. The van der Waals surface area contributed by atoms with E-state index >= 15 is 0 Å². The minimum absolute atomic E-state index is 0.0154. The van der Waals surface area contributed by atoms with Gasteiger partial charge in [-0.15, -0.1) is 0 Å². The lowest BCUT2D eigenvalue weighted by Crippen LogP contribution is -2.46. The van der Waals surface area contributed by atoms with Crippen LogP contribution in [0.15, 0.2) is 24.3 Å². The van der Waals surface area contributed by atoms with Crippen LogP contribution in [0.25, 0.3) is 0 Å². The van der Waals surface area contributed by atoms with Gasteiger partial charge in [0.25, 0.3) is 5.91 Å². The van der Waals surface area contributed by atoms with E-state index in [1.165, 1.54) is 4.90 Å². The average Bonchev–Trinajstić information content (AvgIpc) is 3.16. The van der Waals surface area contributed by atoms with Crippen molar-refractivity contribution in [3.05, 3.63) is 24.3 Å². The van der Waals surface area contributed by atoms with Crippen molar-refractivity contribution in [3.8, 4) is 5.75 Å². The van der Waals surface area contributed by atoms with E-state index in [0.29, 0.717) is 24.4 Å². The highest BCUT2D eigenvalue weighted by molar-refractivity contribution is 6.02. The molecule has 4 rings (SSSR count). The van der Waals surface area contributed by atoms with Crippen LogP contribution in [0.4, 0.5) is 5.69 Å². The second kappa shape index (κ2) is 5.75. The number of rotatable bonds is 3. The molecule has 7 heteroatoms. The zero-order chi connectivity index (χ0) is 17.6. The summed E-state index contributed by atoms with van der Waals surface area (Å²) in [5, 5.41) is 9.65. The summed E-state index contributed by atoms with van der Waals surface area (Å²) in [5.41, 5.74) is -0.220. The van der Waals surface area contributed by atoms with Gasteiger partial charge in [0.1, 0.15) is 12.3 Å². The summed E-state index contributed by atoms with van der Waals surface area (Å²) < 4.78 is 5.39. The van der Waals surface area contributed by atoms with Crippen LogP contribution in [-0.2, 0) is 14.4 Å². The first-order valence-corrected chi connectivity index (χ1v) is 8.55. The van der Waals surface area contributed by atoms with E-state index in [2.05, 4.69) is 0 Å². The van der Waals surface area contributed by atoms with Gasteiger partial charge in [-0.3, -0.25) is 19.3 Å². The monoisotopic (exact) mass is 344 g/mol. The summed E-state index contributed by atoms with van der Waals surface area (Å²) in [6.07, 6.45) is 2.36. The third-order valence-corrected chi connectivity index (χ3v) is 5.75. The van der Waals surface area contributed by atoms with Crippen molar-refractivity contribution in [2.24, 2.45) is 11.3 Å². The van der Waals surface area contributed by atoms with Crippen LogP contribution >= 0.6 is 0 Å². The number of benzene rings is 1. The molecule has 2 amide bonds. The molecule has 1 aromatic carbocycles. The van der Waals surface area contributed by atoms with Crippen molar-refractivity contribution >= 4 is 23.5 Å². The standard InChI is InChI=1S/C18H20N2O5/c21-15(19-8-12-4-3-7-18(12,11-19)17(23)24)9-20-13-5-1-2-6-14(13)25-10-16(20)22/h1-2,5-6,12H,3-4,7-11H2,(H,23,24)/t12-,18+/m0/s1. The Morgan fingerprint density at radius 3 is 2.88 bits per heavy atom. The van der Waals surface area contributed by atoms with E-state index in [-0.39, 0.29) is 37.4 Å². The molecule has 2 atom stereocenters. The van der Waals surface area contributed by atoms with Crippen molar-refractivity contribution in [3.63, 3.8) is 0 Å². The molecule has 3 aliphatic rings. The molecule has 0 bridgehead atoms. The number of para-hydroxylation sites is 2. The molecule has 2 heterocycles. The molecule has 132 valence electrons. The van der Waals surface area contributed by atoms with E-state index in [4.69, 9.17) is 4.74 Å². The number of nitrogens with zero attached hydrogens (tertiary/aromatic N) is 2. The second-order valence-corrected chi connectivity index (χ2v) is 7.06. The summed E-state index contributed by atoms with van der Waals surface area (Å²) >= 11 is 0. The van der Waals surface area contributed by atoms with Crippen LogP contribution in [0.1, 0.15) is 19.3 Å². The Balaban J connectivity index is 1.52. The van der Waals surface area contributed by atoms with E-state index in [1.807, 2.05) is 6.07 Å². The molecule has 0 spiro atoms. The minimum atomic E-state index is -0.807. The molecular weight excluding hydrogens is 324 g/mol. The molecule has 0 radical (unpaired) electrons. The molecule has 2 fully saturated rings. The largest absolute Gasteiger partial charge is 0.482 e. The summed E-state index contributed by atoms with van der Waals surface area (Å²) in [5.74, 6) is -0.686. The fraction of sp³-hybridized carbons (Fsp3) is 0.500. The summed E-state index contributed by atoms with van der Waals surface area (Å²) in [6, 6.07) is 7.11. The van der Waals surface area contributed by atoms with Crippen molar-refractivity contribution in [1.29, 1.82) is 0 Å². The molecule has 7 nitrogen and oxygen atoms in total. The number of carbonyl (C=O) groups excluding carboxylic acids is 2. The number of fused-ring (bicyclic) bond motifs is 2. The molecule has 2 aliphatic heterocycles. The predicted molar refractivity (Wildman–Crippen MR) is 88.3 cm³/mol. The van der Waals surface area contributed by atoms with Gasteiger partial charge in [-0.1, -0.05) is 18.6 Å². The summed E-state index contributed by atoms with van der Waals surface area (Å²) in [4.78, 5) is 39.8. The van der Waals surface area contributed by atoms with Crippen LogP contribution in [0.5, 0.6) is 5.75 Å². The third kappa shape index (κ3) is 2.45. The van der Waals surface area contributed by atoms with Crippen molar-refractivity contribution in [2.45, 2.75) is 19.3 Å². The number of anilines is 1. The van der Waals surface area contributed by atoms with Crippen molar-refractivity contribution in [2.75, 3.05) is 31.1 Å². The quantitative estimate of drug-likeness (QED) is 0.888. The molecule has 1 saturated heterocycles. The lowest BCUT2D eigenvalue weighted by molar-refractivity contribution is -0.149. The third-order valence-electron chi connectivity index (χ3n) is 5.75. The Labute approximate surface area is 145 Å². The van der Waals surface area contributed by atoms with E-state index < -0.39 is 11.4 Å². The minimum Gasteiger partial charge on any atom is -0.482 e. The molecule has 1 aliphatic carbocycles. The SMILES string of the molecule is O=C(CN1C(=O)COc2ccccc21)N1C[C@@H]2CCC[C@@]2(C(=O)O)C1. The number of amides is 2. The number of carboxylic acid groups (broad SMARTS) is 1. The number of hydrogen-bond donors (Lipinski definition) is 1. The molecule has 1 aromatic rings. The van der Waals surface area contributed by atoms with Gasteiger partial charge in [-0.05, 0) is 30.9 Å². The number of hydrogen-bond acceptors (Lipinski definition) is 4. The van der Waals surface area contributed by atoms with Crippen molar-refractivity contribution in [1.82, 2.24) is 4.90 Å². The Morgan fingerprint density at radius 1 is 1.32 bits per heavy atom. The van der Waals surface area contributed by atoms with Gasteiger partial charge >= 0.3 is 5.97 Å². The molecule has 1 saturated carbocycles. The first kappa shape index (κ1) is 15.9. The predicted octanol–water partition coefficient (Wildman–Crippen LogP) is 1.13. The maximum Gasteiger partial charge on any atom is 0.311 e. The molecule has 25 heavy (non-hydrogen) atoms. The fourth-order valence-electron chi connectivity index (χ4n) is 4.39. The molecular formula is C18H20N2O5. The molecule has 0 unspecified atom stereocenters. The van der Waals surface area contributed by atoms with Crippen LogP contribution < -0.4 is 9.64 Å². The zero-order valence-corrected chi connectivity index (χ0v) is 13.8. The van der Waals surface area contributed by atoms with Crippen LogP contribution in [-0.4, -0.2) is 54.0 Å².